The zero-order valence-corrected chi connectivity index (χ0v) is 14.9. The van der Waals surface area contributed by atoms with E-state index in [1.165, 1.54) is 21.9 Å². The number of ether oxygens (including phenoxy) is 1. The lowest BCUT2D eigenvalue weighted by Gasteiger charge is -2.10. The number of fused-ring (bicyclic) bond motifs is 1. The number of unbranched alkanes of at least 4 members (excludes halogenated alkanes) is 2. The molecule has 0 saturated carbocycles. The van der Waals surface area contributed by atoms with E-state index in [2.05, 4.69) is 48.5 Å². The summed E-state index contributed by atoms with van der Waals surface area (Å²) in [5.74, 6) is 0.162. The van der Waals surface area contributed by atoms with Crippen molar-refractivity contribution in [2.75, 3.05) is 0 Å². The molecule has 0 fully saturated rings. The molecule has 0 bridgehead atoms. The van der Waals surface area contributed by atoms with E-state index in [-0.39, 0.29) is 6.42 Å². The van der Waals surface area contributed by atoms with E-state index >= 15 is 0 Å². The molecule has 0 aliphatic rings. The van der Waals surface area contributed by atoms with Crippen molar-refractivity contribution in [1.29, 1.82) is 0 Å². The van der Waals surface area contributed by atoms with Crippen LogP contribution in [0.15, 0.2) is 66.7 Å². The molecular weight excluding hydrogens is 324 g/mol. The maximum absolute atomic E-state index is 10.5. The van der Waals surface area contributed by atoms with Crippen molar-refractivity contribution in [2.24, 2.45) is 0 Å². The Hall–Kier alpha value is -2.81. The quantitative estimate of drug-likeness (QED) is 0.512. The number of carboxylic acid groups (broad SMARTS) is 1. The molecule has 0 saturated heterocycles. The van der Waals surface area contributed by atoms with Crippen molar-refractivity contribution in [3.8, 4) is 5.75 Å². The zero-order valence-electron chi connectivity index (χ0n) is 14.9. The van der Waals surface area contributed by atoms with Crippen LogP contribution in [0.25, 0.3) is 10.8 Å². The molecule has 0 aromatic heterocycles. The highest BCUT2D eigenvalue weighted by Gasteiger charge is 2.03. The Balaban J connectivity index is 1.56. The van der Waals surface area contributed by atoms with Gasteiger partial charge in [-0.1, -0.05) is 61.0 Å². The van der Waals surface area contributed by atoms with Gasteiger partial charge in [0.2, 0.25) is 0 Å². The normalized spacial score (nSPS) is 10.8. The molecule has 0 aliphatic carbocycles. The second-order valence-corrected chi connectivity index (χ2v) is 6.53. The highest BCUT2D eigenvalue weighted by atomic mass is 16.5. The second-order valence-electron chi connectivity index (χ2n) is 6.53. The molecule has 0 atom stereocenters. The number of carbonyl (C=O) groups is 1. The Kier molecular flexibility index (Phi) is 6.26. The van der Waals surface area contributed by atoms with Crippen LogP contribution in [0.3, 0.4) is 0 Å². The molecule has 0 spiro atoms. The van der Waals surface area contributed by atoms with Gasteiger partial charge in [-0.2, -0.15) is 0 Å². The van der Waals surface area contributed by atoms with Gasteiger partial charge in [-0.05, 0) is 53.3 Å². The summed E-state index contributed by atoms with van der Waals surface area (Å²) in [5, 5.41) is 11.1. The lowest BCUT2D eigenvalue weighted by molar-refractivity contribution is -0.137. The molecule has 26 heavy (non-hydrogen) atoms. The van der Waals surface area contributed by atoms with E-state index in [4.69, 9.17) is 9.84 Å². The predicted octanol–water partition coefficient (Wildman–Crippen LogP) is 5.61. The third kappa shape index (κ3) is 5.09. The van der Waals surface area contributed by atoms with Crippen molar-refractivity contribution < 1.29 is 14.6 Å². The van der Waals surface area contributed by atoms with E-state index in [0.29, 0.717) is 6.61 Å². The van der Waals surface area contributed by atoms with Gasteiger partial charge in [0.05, 0.1) is 0 Å². The SMILES string of the molecule is O=C(O)CCCCCc1cccc(OCc2cccc3ccccc23)c1. The van der Waals surface area contributed by atoms with Gasteiger partial charge in [-0.15, -0.1) is 0 Å². The second kappa shape index (κ2) is 9.04. The number of carboxylic acids is 1. The van der Waals surface area contributed by atoms with Crippen molar-refractivity contribution in [1.82, 2.24) is 0 Å². The maximum Gasteiger partial charge on any atom is 0.303 e. The third-order valence-electron chi connectivity index (χ3n) is 4.53. The molecule has 3 heteroatoms. The molecule has 3 aromatic rings. The van der Waals surface area contributed by atoms with E-state index in [9.17, 15) is 4.79 Å². The van der Waals surface area contributed by atoms with Crippen LogP contribution in [0.5, 0.6) is 5.75 Å². The van der Waals surface area contributed by atoms with Gasteiger partial charge in [-0.25, -0.2) is 0 Å². The average molecular weight is 348 g/mol. The smallest absolute Gasteiger partial charge is 0.303 e. The topological polar surface area (TPSA) is 46.5 Å². The summed E-state index contributed by atoms with van der Waals surface area (Å²) in [6, 6.07) is 22.8. The van der Waals surface area contributed by atoms with Gasteiger partial charge >= 0.3 is 5.97 Å². The lowest BCUT2D eigenvalue weighted by atomic mass is 10.1. The van der Waals surface area contributed by atoms with Crippen LogP contribution in [0.4, 0.5) is 0 Å². The van der Waals surface area contributed by atoms with Crippen molar-refractivity contribution in [3.63, 3.8) is 0 Å². The van der Waals surface area contributed by atoms with Crippen LogP contribution in [-0.2, 0) is 17.8 Å². The van der Waals surface area contributed by atoms with E-state index < -0.39 is 5.97 Å². The summed E-state index contributed by atoms with van der Waals surface area (Å²) in [6.45, 7) is 0.545. The number of hydrogen-bond donors (Lipinski definition) is 1. The summed E-state index contributed by atoms with van der Waals surface area (Å²) in [4.78, 5) is 10.5. The molecule has 0 unspecified atom stereocenters. The van der Waals surface area contributed by atoms with Crippen LogP contribution < -0.4 is 4.74 Å². The number of rotatable bonds is 9. The Morgan fingerprint density at radius 3 is 2.58 bits per heavy atom. The minimum atomic E-state index is -0.714. The minimum absolute atomic E-state index is 0.258. The van der Waals surface area contributed by atoms with E-state index in [0.717, 1.165) is 31.4 Å². The highest BCUT2D eigenvalue weighted by molar-refractivity contribution is 5.85. The fourth-order valence-corrected chi connectivity index (χ4v) is 3.15. The lowest BCUT2D eigenvalue weighted by Crippen LogP contribution is -1.97. The molecular formula is C23H24O3. The van der Waals surface area contributed by atoms with Crippen LogP contribution >= 0.6 is 0 Å². The van der Waals surface area contributed by atoms with Gasteiger partial charge in [-0.3, -0.25) is 4.79 Å². The van der Waals surface area contributed by atoms with Crippen LogP contribution in [-0.4, -0.2) is 11.1 Å². The van der Waals surface area contributed by atoms with Gasteiger partial charge in [0, 0.05) is 6.42 Å². The number of aliphatic carboxylic acids is 1. The standard InChI is InChI=1S/C23H24O3/c24-23(25)15-3-1-2-8-18-9-6-13-21(16-18)26-17-20-12-7-11-19-10-4-5-14-22(19)20/h4-7,9-14,16H,1-3,8,15,17H2,(H,24,25). The zero-order chi connectivity index (χ0) is 18.2. The Morgan fingerprint density at radius 2 is 1.69 bits per heavy atom. The van der Waals surface area contributed by atoms with Gasteiger partial charge in [0.1, 0.15) is 12.4 Å². The van der Waals surface area contributed by atoms with Crippen molar-refractivity contribution in [3.05, 3.63) is 77.9 Å². The summed E-state index contributed by atoms with van der Waals surface area (Å²) < 4.78 is 6.02. The summed E-state index contributed by atoms with van der Waals surface area (Å²) in [6.07, 6.45) is 3.89. The number of aryl methyl sites for hydroxylation is 1. The Morgan fingerprint density at radius 1 is 0.885 bits per heavy atom. The van der Waals surface area contributed by atoms with Gasteiger partial charge in [0.25, 0.3) is 0 Å². The molecule has 0 aliphatic heterocycles. The first-order valence-corrected chi connectivity index (χ1v) is 9.12. The summed E-state index contributed by atoms with van der Waals surface area (Å²) in [7, 11) is 0. The van der Waals surface area contributed by atoms with Gasteiger partial charge < -0.3 is 9.84 Å². The first kappa shape index (κ1) is 18.0. The predicted molar refractivity (Wildman–Crippen MR) is 105 cm³/mol. The fraction of sp³-hybridized carbons (Fsp3) is 0.261. The van der Waals surface area contributed by atoms with Crippen molar-refractivity contribution >= 4 is 16.7 Å². The molecule has 1 N–H and O–H groups in total. The third-order valence-corrected chi connectivity index (χ3v) is 4.53. The monoisotopic (exact) mass is 348 g/mol. The average Bonchev–Trinajstić information content (AvgIpc) is 2.66. The fourth-order valence-electron chi connectivity index (χ4n) is 3.15. The summed E-state index contributed by atoms with van der Waals surface area (Å²) >= 11 is 0. The Bertz CT molecular complexity index is 865. The largest absolute Gasteiger partial charge is 0.489 e. The molecule has 3 rings (SSSR count). The molecule has 3 nitrogen and oxygen atoms in total. The highest BCUT2D eigenvalue weighted by Crippen LogP contribution is 2.22. The van der Waals surface area contributed by atoms with E-state index in [1.807, 2.05) is 18.2 Å². The first-order chi connectivity index (χ1) is 12.7. The first-order valence-electron chi connectivity index (χ1n) is 9.12. The van der Waals surface area contributed by atoms with Gasteiger partial charge in [0.15, 0.2) is 0 Å². The molecule has 134 valence electrons. The van der Waals surface area contributed by atoms with Crippen molar-refractivity contribution in [2.45, 2.75) is 38.7 Å². The van der Waals surface area contributed by atoms with E-state index in [1.54, 1.807) is 0 Å². The minimum Gasteiger partial charge on any atom is -0.489 e. The van der Waals surface area contributed by atoms with Crippen LogP contribution in [0, 0.1) is 0 Å². The molecule has 0 amide bonds. The molecule has 3 aromatic carbocycles. The maximum atomic E-state index is 10.5. The molecule has 0 radical (unpaired) electrons. The Labute approximate surface area is 154 Å². The number of hydrogen-bond acceptors (Lipinski definition) is 2. The van der Waals surface area contributed by atoms with Crippen LogP contribution in [0.1, 0.15) is 36.8 Å². The number of benzene rings is 3. The molecule has 0 heterocycles. The summed E-state index contributed by atoms with van der Waals surface area (Å²) in [5.41, 5.74) is 2.41. The van der Waals surface area contributed by atoms with Crippen LogP contribution in [0.2, 0.25) is 0 Å².